The highest BCUT2D eigenvalue weighted by molar-refractivity contribution is 5.83. The molecule has 4 rings (SSSR count). The maximum Gasteiger partial charge on any atom is 0.0701 e. The van der Waals surface area contributed by atoms with Crippen LogP contribution in [0.5, 0.6) is 0 Å². The van der Waals surface area contributed by atoms with Crippen molar-refractivity contribution >= 4 is 47.1 Å². The van der Waals surface area contributed by atoms with Gasteiger partial charge in [-0.05, 0) is 79.7 Å². The fraction of sp³-hybridized carbons (Fsp3) is 0.263. The molecule has 0 spiro atoms. The van der Waals surface area contributed by atoms with Crippen LogP contribution in [0.4, 0.5) is 22.7 Å². The molecule has 6 nitrogen and oxygen atoms in total. The number of aromatic nitrogens is 4. The monoisotopic (exact) mass is 584 g/mol. The Morgan fingerprint density at radius 2 is 0.659 bits per heavy atom. The van der Waals surface area contributed by atoms with E-state index in [9.17, 15) is 0 Å². The largest absolute Gasteiger partial charge is 0.336 e. The maximum atomic E-state index is 4.76. The molecule has 0 amide bonds. The number of anilines is 4. The highest BCUT2D eigenvalue weighted by atomic mass is 15.2. The van der Waals surface area contributed by atoms with Crippen LogP contribution in [0.2, 0.25) is 0 Å². The lowest BCUT2D eigenvalue weighted by molar-refractivity contribution is 0.858. The highest BCUT2D eigenvalue weighted by Gasteiger charge is 2.25. The van der Waals surface area contributed by atoms with Crippen LogP contribution in [0, 0.1) is 27.7 Å². The minimum atomic E-state index is 0.654. The smallest absolute Gasteiger partial charge is 0.0701 e. The lowest BCUT2D eigenvalue weighted by Gasteiger charge is -2.35. The second-order valence-electron chi connectivity index (χ2n) is 10.6. The first-order chi connectivity index (χ1) is 21.4. The molecule has 0 fully saturated rings. The molecule has 4 aromatic rings. The van der Waals surface area contributed by atoms with E-state index in [0.29, 0.717) is 13.1 Å². The molecule has 44 heavy (non-hydrogen) atoms. The van der Waals surface area contributed by atoms with Gasteiger partial charge in [0.1, 0.15) is 0 Å². The van der Waals surface area contributed by atoms with E-state index in [1.165, 1.54) is 0 Å². The van der Waals surface area contributed by atoms with Crippen molar-refractivity contribution in [3.05, 3.63) is 118 Å². The standard InChI is InChI=1S/C38H44N6/c1-9-13-31-17-21-39-27(5)35(31)43(36-28(6)40-22-18-32(36)14-10-2)25-26-44(37-29(7)41-23-19-33(37)15-11-3)38-30(8)42-24-20-34(38)16-12-4/h9-24H,25-26H2,1-8H3. The first-order valence-electron chi connectivity index (χ1n) is 15.2. The molecule has 0 saturated heterocycles. The molecule has 4 aromatic heterocycles. The van der Waals surface area contributed by atoms with Gasteiger partial charge in [-0.3, -0.25) is 19.9 Å². The second-order valence-corrected chi connectivity index (χ2v) is 10.6. The summed E-state index contributed by atoms with van der Waals surface area (Å²) in [5.41, 5.74) is 12.6. The van der Waals surface area contributed by atoms with Gasteiger partial charge in [-0.25, -0.2) is 0 Å². The van der Waals surface area contributed by atoms with Gasteiger partial charge in [0.25, 0.3) is 0 Å². The number of hydrogen-bond donors (Lipinski definition) is 0. The van der Waals surface area contributed by atoms with Crippen LogP contribution in [0.1, 0.15) is 72.7 Å². The van der Waals surface area contributed by atoms with Crippen molar-refractivity contribution in [2.45, 2.75) is 55.4 Å². The Balaban J connectivity index is 2.01. The van der Waals surface area contributed by atoms with E-state index in [1.54, 1.807) is 0 Å². The lowest BCUT2D eigenvalue weighted by atomic mass is 10.0. The van der Waals surface area contributed by atoms with Gasteiger partial charge < -0.3 is 9.80 Å². The molecule has 0 aliphatic rings. The highest BCUT2D eigenvalue weighted by Crippen LogP contribution is 2.39. The topological polar surface area (TPSA) is 58.0 Å². The van der Waals surface area contributed by atoms with Crippen molar-refractivity contribution in [3.8, 4) is 0 Å². The number of hydrogen-bond acceptors (Lipinski definition) is 6. The third-order valence-electron chi connectivity index (χ3n) is 7.57. The van der Waals surface area contributed by atoms with Crippen LogP contribution in [-0.2, 0) is 0 Å². The predicted molar refractivity (Wildman–Crippen MR) is 189 cm³/mol. The fourth-order valence-corrected chi connectivity index (χ4v) is 5.84. The van der Waals surface area contributed by atoms with Crippen LogP contribution in [0.25, 0.3) is 24.3 Å². The van der Waals surface area contributed by atoms with E-state index in [2.05, 4.69) is 110 Å². The van der Waals surface area contributed by atoms with E-state index in [1.807, 2.05) is 52.5 Å². The Hall–Kier alpha value is -4.84. The van der Waals surface area contributed by atoms with E-state index in [0.717, 1.165) is 67.8 Å². The summed E-state index contributed by atoms with van der Waals surface area (Å²) in [5.74, 6) is 0. The number of nitrogens with zero attached hydrogens (tertiary/aromatic N) is 6. The Labute approximate surface area is 263 Å². The van der Waals surface area contributed by atoms with E-state index < -0.39 is 0 Å². The molecular formula is C38H44N6. The van der Waals surface area contributed by atoms with Crippen LogP contribution < -0.4 is 9.80 Å². The van der Waals surface area contributed by atoms with Crippen LogP contribution in [-0.4, -0.2) is 33.0 Å². The molecule has 0 bridgehead atoms. The SMILES string of the molecule is CC=Cc1ccnc(C)c1N(CCN(c1c(C=CC)ccnc1C)c1c(C=CC)ccnc1C)c1c(C=CC)ccnc1C. The molecule has 0 unspecified atom stereocenters. The summed E-state index contributed by atoms with van der Waals surface area (Å²) in [6, 6.07) is 8.33. The molecule has 0 aliphatic heterocycles. The van der Waals surface area contributed by atoms with E-state index in [4.69, 9.17) is 19.9 Å². The molecule has 226 valence electrons. The first kappa shape index (κ1) is 32.1. The molecular weight excluding hydrogens is 540 g/mol. The minimum Gasteiger partial charge on any atom is -0.336 e. The fourth-order valence-electron chi connectivity index (χ4n) is 5.84. The van der Waals surface area contributed by atoms with Gasteiger partial charge in [0.2, 0.25) is 0 Å². The quantitative estimate of drug-likeness (QED) is 0.175. The molecule has 0 aromatic carbocycles. The van der Waals surface area contributed by atoms with Gasteiger partial charge in [0.15, 0.2) is 0 Å². The van der Waals surface area contributed by atoms with Gasteiger partial charge in [0, 0.05) is 60.1 Å². The summed E-state index contributed by atoms with van der Waals surface area (Å²) < 4.78 is 0. The van der Waals surface area contributed by atoms with Crippen molar-refractivity contribution in [2.75, 3.05) is 22.9 Å². The second kappa shape index (κ2) is 15.1. The summed E-state index contributed by atoms with van der Waals surface area (Å²) in [7, 11) is 0. The number of allylic oxidation sites excluding steroid dienone is 4. The summed E-state index contributed by atoms with van der Waals surface area (Å²) in [5, 5.41) is 0. The van der Waals surface area contributed by atoms with Crippen molar-refractivity contribution in [2.24, 2.45) is 0 Å². The average molecular weight is 585 g/mol. The Morgan fingerprint density at radius 1 is 0.432 bits per heavy atom. The molecule has 0 saturated carbocycles. The number of pyridine rings is 4. The Morgan fingerprint density at radius 3 is 0.864 bits per heavy atom. The minimum absolute atomic E-state index is 0.654. The third kappa shape index (κ3) is 6.86. The van der Waals surface area contributed by atoms with Crippen molar-refractivity contribution < 1.29 is 0 Å². The van der Waals surface area contributed by atoms with Gasteiger partial charge in [-0.2, -0.15) is 0 Å². The molecule has 0 aliphatic carbocycles. The summed E-state index contributed by atoms with van der Waals surface area (Å²) in [6.45, 7) is 17.8. The van der Waals surface area contributed by atoms with Crippen LogP contribution in [0.15, 0.2) is 73.4 Å². The Bertz CT molecular complexity index is 1460. The first-order valence-corrected chi connectivity index (χ1v) is 15.2. The maximum absolute atomic E-state index is 4.76. The average Bonchev–Trinajstić information content (AvgIpc) is 2.99. The van der Waals surface area contributed by atoms with Gasteiger partial charge in [-0.1, -0.05) is 48.6 Å². The normalized spacial score (nSPS) is 11.9. The van der Waals surface area contributed by atoms with Crippen molar-refractivity contribution in [1.29, 1.82) is 0 Å². The van der Waals surface area contributed by atoms with E-state index >= 15 is 0 Å². The molecule has 0 N–H and O–H groups in total. The zero-order valence-corrected chi connectivity index (χ0v) is 27.3. The Kier molecular flexibility index (Phi) is 11.0. The van der Waals surface area contributed by atoms with Gasteiger partial charge >= 0.3 is 0 Å². The number of aryl methyl sites for hydroxylation is 4. The zero-order chi connectivity index (χ0) is 31.6. The predicted octanol–water partition coefficient (Wildman–Crippen LogP) is 9.61. The third-order valence-corrected chi connectivity index (χ3v) is 7.57. The van der Waals surface area contributed by atoms with E-state index in [-0.39, 0.29) is 0 Å². The summed E-state index contributed by atoms with van der Waals surface area (Å²) in [4.78, 5) is 23.8. The zero-order valence-electron chi connectivity index (χ0n) is 27.3. The van der Waals surface area contributed by atoms with Crippen LogP contribution in [0.3, 0.4) is 0 Å². The van der Waals surface area contributed by atoms with Crippen molar-refractivity contribution in [1.82, 2.24) is 19.9 Å². The molecule has 6 heteroatoms. The molecule has 4 heterocycles. The molecule has 0 radical (unpaired) electrons. The molecule has 0 atom stereocenters. The lowest BCUT2D eigenvalue weighted by Crippen LogP contribution is -2.33. The van der Waals surface area contributed by atoms with Crippen molar-refractivity contribution in [3.63, 3.8) is 0 Å². The van der Waals surface area contributed by atoms with Crippen LogP contribution >= 0.6 is 0 Å². The van der Waals surface area contributed by atoms with Gasteiger partial charge in [0.05, 0.1) is 45.5 Å². The van der Waals surface area contributed by atoms with Gasteiger partial charge in [-0.15, -0.1) is 0 Å². The number of rotatable bonds is 11. The summed E-state index contributed by atoms with van der Waals surface area (Å²) in [6.07, 6.45) is 24.5. The summed E-state index contributed by atoms with van der Waals surface area (Å²) >= 11 is 0.